The molecular formula is C8H6BrClN2S2. The number of nitrogens with zero attached hydrogens (tertiary/aromatic N) is 1. The molecule has 0 aliphatic carbocycles. The number of hydrogen-bond donors (Lipinski definition) is 1. The van der Waals surface area contributed by atoms with Gasteiger partial charge in [0, 0.05) is 20.9 Å². The molecule has 14 heavy (non-hydrogen) atoms. The van der Waals surface area contributed by atoms with Gasteiger partial charge in [-0.3, -0.25) is 0 Å². The van der Waals surface area contributed by atoms with Crippen molar-refractivity contribution in [1.29, 1.82) is 0 Å². The summed E-state index contributed by atoms with van der Waals surface area (Å²) in [6, 6.07) is 1.78. The zero-order chi connectivity index (χ0) is 10.1. The largest absolute Gasteiger partial charge is 0.318 e. The molecule has 0 saturated heterocycles. The second-order valence-corrected chi connectivity index (χ2v) is 6.08. The van der Waals surface area contributed by atoms with E-state index in [1.54, 1.807) is 17.5 Å². The molecule has 0 bridgehead atoms. The predicted octanol–water partition coefficient (Wildman–Crippen LogP) is 3.67. The molecule has 0 saturated carbocycles. The van der Waals surface area contributed by atoms with Gasteiger partial charge in [-0.15, -0.1) is 22.7 Å². The topological polar surface area (TPSA) is 38.9 Å². The van der Waals surface area contributed by atoms with Crippen molar-refractivity contribution in [3.8, 4) is 0 Å². The van der Waals surface area contributed by atoms with Crippen LogP contribution in [0.25, 0.3) is 0 Å². The van der Waals surface area contributed by atoms with Gasteiger partial charge in [0.25, 0.3) is 0 Å². The number of aromatic nitrogens is 1. The summed E-state index contributed by atoms with van der Waals surface area (Å²) in [6.07, 6.45) is 1.75. The Bertz CT molecular complexity index is 407. The van der Waals surface area contributed by atoms with Crippen molar-refractivity contribution in [1.82, 2.24) is 4.98 Å². The first-order valence-corrected chi connectivity index (χ1v) is 6.65. The van der Waals surface area contributed by atoms with E-state index in [9.17, 15) is 0 Å². The summed E-state index contributed by atoms with van der Waals surface area (Å²) in [5.74, 6) is 0. The summed E-state index contributed by atoms with van der Waals surface area (Å²) in [5.41, 5.74) is 6.02. The summed E-state index contributed by atoms with van der Waals surface area (Å²) < 4.78 is 1.62. The quantitative estimate of drug-likeness (QED) is 0.919. The van der Waals surface area contributed by atoms with E-state index in [0.717, 1.165) is 18.7 Å². The van der Waals surface area contributed by atoms with Gasteiger partial charge >= 0.3 is 0 Å². The fourth-order valence-electron chi connectivity index (χ4n) is 1.03. The molecule has 74 valence electrons. The molecule has 2 aromatic heterocycles. The number of hydrogen-bond acceptors (Lipinski definition) is 4. The highest BCUT2D eigenvalue weighted by Crippen LogP contribution is 2.36. The lowest BCUT2D eigenvalue weighted by atomic mass is 10.3. The van der Waals surface area contributed by atoms with Crippen LogP contribution in [-0.2, 0) is 0 Å². The van der Waals surface area contributed by atoms with Crippen molar-refractivity contribution in [2.75, 3.05) is 0 Å². The molecular weight excluding hydrogens is 304 g/mol. The molecule has 2 rings (SSSR count). The highest BCUT2D eigenvalue weighted by atomic mass is 79.9. The molecule has 1 unspecified atom stereocenters. The van der Waals surface area contributed by atoms with Crippen LogP contribution in [0.15, 0.2) is 22.1 Å². The lowest BCUT2D eigenvalue weighted by Crippen LogP contribution is -2.09. The maximum absolute atomic E-state index is 6.02. The first kappa shape index (κ1) is 10.6. The van der Waals surface area contributed by atoms with Gasteiger partial charge in [0.1, 0.15) is 9.34 Å². The van der Waals surface area contributed by atoms with E-state index >= 15 is 0 Å². The Balaban J connectivity index is 2.32. The summed E-state index contributed by atoms with van der Waals surface area (Å²) in [6.45, 7) is 0. The first-order valence-electron chi connectivity index (χ1n) is 3.78. The van der Waals surface area contributed by atoms with Gasteiger partial charge in [-0.25, -0.2) is 4.98 Å². The van der Waals surface area contributed by atoms with Gasteiger partial charge in [-0.2, -0.15) is 0 Å². The monoisotopic (exact) mass is 308 g/mol. The average Bonchev–Trinajstić information content (AvgIpc) is 2.76. The maximum Gasteiger partial charge on any atom is 0.115 e. The second kappa shape index (κ2) is 4.28. The summed E-state index contributed by atoms with van der Waals surface area (Å²) in [7, 11) is 0. The Morgan fingerprint density at radius 1 is 1.57 bits per heavy atom. The van der Waals surface area contributed by atoms with Gasteiger partial charge in [0.15, 0.2) is 0 Å². The molecule has 0 fully saturated rings. The Kier molecular flexibility index (Phi) is 3.23. The minimum atomic E-state index is -0.163. The van der Waals surface area contributed by atoms with Crippen molar-refractivity contribution in [2.24, 2.45) is 5.73 Å². The van der Waals surface area contributed by atoms with Crippen molar-refractivity contribution in [3.63, 3.8) is 0 Å². The van der Waals surface area contributed by atoms with E-state index in [0.29, 0.717) is 0 Å². The van der Waals surface area contributed by atoms with E-state index in [2.05, 4.69) is 20.9 Å². The summed E-state index contributed by atoms with van der Waals surface area (Å²) >= 11 is 12.3. The molecule has 2 nitrogen and oxygen atoms in total. The fraction of sp³-hybridized carbons (Fsp3) is 0.125. The fourth-order valence-corrected chi connectivity index (χ4v) is 3.50. The van der Waals surface area contributed by atoms with Gasteiger partial charge in [0.05, 0.1) is 6.04 Å². The maximum atomic E-state index is 6.02. The summed E-state index contributed by atoms with van der Waals surface area (Å²) in [5, 5.41) is 2.83. The molecule has 0 aliphatic heterocycles. The van der Waals surface area contributed by atoms with Crippen LogP contribution in [0.2, 0.25) is 4.34 Å². The van der Waals surface area contributed by atoms with Crippen molar-refractivity contribution in [2.45, 2.75) is 6.04 Å². The Labute approximate surface area is 103 Å². The second-order valence-electron chi connectivity index (χ2n) is 2.62. The van der Waals surface area contributed by atoms with Crippen LogP contribution in [-0.4, -0.2) is 4.98 Å². The van der Waals surface area contributed by atoms with Crippen LogP contribution < -0.4 is 5.73 Å². The van der Waals surface area contributed by atoms with E-state index < -0.39 is 0 Å². The first-order chi connectivity index (χ1) is 6.68. The van der Waals surface area contributed by atoms with Crippen LogP contribution in [0, 0.1) is 0 Å². The van der Waals surface area contributed by atoms with Crippen molar-refractivity contribution >= 4 is 50.2 Å². The molecule has 6 heteroatoms. The lowest BCUT2D eigenvalue weighted by molar-refractivity contribution is 0.877. The number of thiazole rings is 1. The molecule has 0 amide bonds. The Morgan fingerprint density at radius 2 is 2.36 bits per heavy atom. The third-order valence-electron chi connectivity index (χ3n) is 1.69. The Hall–Kier alpha value is 0.0600. The predicted molar refractivity (Wildman–Crippen MR) is 65.2 cm³/mol. The number of halogens is 2. The third kappa shape index (κ3) is 2.01. The van der Waals surface area contributed by atoms with Crippen LogP contribution >= 0.6 is 50.2 Å². The van der Waals surface area contributed by atoms with Crippen LogP contribution in [0.4, 0.5) is 0 Å². The third-order valence-corrected chi connectivity index (χ3v) is 5.10. The number of nitrogens with two attached hydrogens (primary N) is 1. The normalized spacial score (nSPS) is 13.1. The van der Waals surface area contributed by atoms with E-state index in [1.165, 1.54) is 11.3 Å². The zero-order valence-electron chi connectivity index (χ0n) is 6.91. The molecule has 0 spiro atoms. The molecule has 2 aromatic rings. The standard InChI is InChI=1S/C8H6BrClN2S2/c9-4-3-5(14-7(4)10)6(11)8-12-1-2-13-8/h1-3,6H,11H2. The van der Waals surface area contributed by atoms with Gasteiger partial charge in [0.2, 0.25) is 0 Å². The number of rotatable bonds is 2. The van der Waals surface area contributed by atoms with E-state index in [4.69, 9.17) is 17.3 Å². The SMILES string of the molecule is NC(c1cc(Br)c(Cl)s1)c1nccs1. The van der Waals surface area contributed by atoms with Crippen LogP contribution in [0.3, 0.4) is 0 Å². The Morgan fingerprint density at radius 3 is 2.86 bits per heavy atom. The molecule has 2 heterocycles. The van der Waals surface area contributed by atoms with Crippen LogP contribution in [0.1, 0.15) is 15.9 Å². The molecule has 0 radical (unpaired) electrons. The van der Waals surface area contributed by atoms with E-state index in [-0.39, 0.29) is 6.04 Å². The highest BCUT2D eigenvalue weighted by Gasteiger charge is 2.15. The zero-order valence-corrected chi connectivity index (χ0v) is 10.9. The molecule has 2 N–H and O–H groups in total. The van der Waals surface area contributed by atoms with Gasteiger partial charge < -0.3 is 5.73 Å². The van der Waals surface area contributed by atoms with Crippen LogP contribution in [0.5, 0.6) is 0 Å². The minimum Gasteiger partial charge on any atom is -0.318 e. The smallest absolute Gasteiger partial charge is 0.115 e. The average molecular weight is 310 g/mol. The minimum absolute atomic E-state index is 0.163. The van der Waals surface area contributed by atoms with E-state index in [1.807, 2.05) is 11.4 Å². The summed E-state index contributed by atoms with van der Waals surface area (Å²) in [4.78, 5) is 5.20. The lowest BCUT2D eigenvalue weighted by Gasteiger charge is -2.03. The molecule has 0 aliphatic rings. The van der Waals surface area contributed by atoms with Crippen molar-refractivity contribution < 1.29 is 0 Å². The number of thiophene rings is 1. The van der Waals surface area contributed by atoms with Crippen molar-refractivity contribution in [3.05, 3.63) is 36.3 Å². The molecule has 0 aromatic carbocycles. The molecule has 1 atom stereocenters. The highest BCUT2D eigenvalue weighted by molar-refractivity contribution is 9.10. The van der Waals surface area contributed by atoms with Gasteiger partial charge in [-0.05, 0) is 22.0 Å². The van der Waals surface area contributed by atoms with Gasteiger partial charge in [-0.1, -0.05) is 11.6 Å².